The molecule has 3 aliphatic heterocycles. The SMILES string of the molecule is COC1CCN(c2ccc3c(c2)OCC2C(CO)OC(=O)N32)C(=O)C1. The van der Waals surface area contributed by atoms with Gasteiger partial charge in [-0.25, -0.2) is 4.79 Å². The maximum absolute atomic E-state index is 12.3. The highest BCUT2D eigenvalue weighted by Crippen LogP contribution is 2.41. The van der Waals surface area contributed by atoms with E-state index in [-0.39, 0.29) is 31.3 Å². The zero-order valence-electron chi connectivity index (χ0n) is 13.9. The first-order chi connectivity index (χ1) is 12.1. The summed E-state index contributed by atoms with van der Waals surface area (Å²) in [5.41, 5.74) is 1.34. The van der Waals surface area contributed by atoms with E-state index in [9.17, 15) is 14.7 Å². The van der Waals surface area contributed by atoms with E-state index in [1.165, 1.54) is 4.90 Å². The van der Waals surface area contributed by atoms with Crippen LogP contribution in [0.4, 0.5) is 16.2 Å². The highest BCUT2D eigenvalue weighted by Gasteiger charge is 2.46. The number of rotatable bonds is 3. The monoisotopic (exact) mass is 348 g/mol. The van der Waals surface area contributed by atoms with Gasteiger partial charge in [0.2, 0.25) is 5.91 Å². The summed E-state index contributed by atoms with van der Waals surface area (Å²) in [6.45, 7) is 0.580. The molecule has 134 valence electrons. The maximum atomic E-state index is 12.3. The molecule has 2 saturated heterocycles. The van der Waals surface area contributed by atoms with E-state index in [0.717, 1.165) is 12.1 Å². The molecule has 8 nitrogen and oxygen atoms in total. The van der Waals surface area contributed by atoms with Crippen LogP contribution in [0.1, 0.15) is 12.8 Å². The first-order valence-electron chi connectivity index (χ1n) is 8.33. The lowest BCUT2D eigenvalue weighted by Crippen LogP contribution is -2.45. The van der Waals surface area contributed by atoms with Crippen molar-refractivity contribution in [1.82, 2.24) is 0 Å². The number of cyclic esters (lactones) is 1. The largest absolute Gasteiger partial charge is 0.489 e. The Morgan fingerprint density at radius 3 is 2.92 bits per heavy atom. The Morgan fingerprint density at radius 1 is 1.36 bits per heavy atom. The van der Waals surface area contributed by atoms with Crippen molar-refractivity contribution in [3.8, 4) is 5.75 Å². The average molecular weight is 348 g/mol. The molecule has 0 radical (unpaired) electrons. The minimum atomic E-state index is -0.588. The Balaban J connectivity index is 1.60. The summed E-state index contributed by atoms with van der Waals surface area (Å²) in [5.74, 6) is 0.540. The molecule has 3 heterocycles. The molecular weight excluding hydrogens is 328 g/mol. The molecule has 2 amide bonds. The fourth-order valence-corrected chi connectivity index (χ4v) is 3.62. The van der Waals surface area contributed by atoms with E-state index < -0.39 is 12.2 Å². The second kappa shape index (κ2) is 6.20. The number of aliphatic hydroxyl groups is 1. The van der Waals surface area contributed by atoms with Crippen LogP contribution in [0.3, 0.4) is 0 Å². The van der Waals surface area contributed by atoms with Gasteiger partial charge in [0.05, 0.1) is 24.8 Å². The molecule has 0 saturated carbocycles. The quantitative estimate of drug-likeness (QED) is 0.873. The Labute approximate surface area is 144 Å². The van der Waals surface area contributed by atoms with Crippen molar-refractivity contribution in [1.29, 1.82) is 0 Å². The van der Waals surface area contributed by atoms with Crippen LogP contribution in [-0.2, 0) is 14.3 Å². The first-order valence-corrected chi connectivity index (χ1v) is 8.33. The molecular formula is C17H20N2O6. The summed E-state index contributed by atoms with van der Waals surface area (Å²) in [6, 6.07) is 4.99. The van der Waals surface area contributed by atoms with Crippen molar-refractivity contribution in [2.75, 3.05) is 36.7 Å². The first kappa shape index (κ1) is 16.2. The van der Waals surface area contributed by atoms with Gasteiger partial charge in [-0.1, -0.05) is 0 Å². The number of ether oxygens (including phenoxy) is 3. The second-order valence-corrected chi connectivity index (χ2v) is 6.40. The predicted molar refractivity (Wildman–Crippen MR) is 87.9 cm³/mol. The number of hydrogen-bond donors (Lipinski definition) is 1. The van der Waals surface area contributed by atoms with Gasteiger partial charge in [0, 0.05) is 25.4 Å². The number of aliphatic hydroxyl groups excluding tert-OH is 1. The van der Waals surface area contributed by atoms with Gasteiger partial charge in [-0.05, 0) is 18.6 Å². The molecule has 0 bridgehead atoms. The zero-order chi connectivity index (χ0) is 17.6. The number of hydrogen-bond acceptors (Lipinski definition) is 6. The lowest BCUT2D eigenvalue weighted by atomic mass is 10.0. The second-order valence-electron chi connectivity index (χ2n) is 6.40. The van der Waals surface area contributed by atoms with Gasteiger partial charge in [-0.3, -0.25) is 9.69 Å². The summed E-state index contributed by atoms with van der Waals surface area (Å²) in [7, 11) is 1.62. The number of carbonyl (C=O) groups excluding carboxylic acids is 2. The fraction of sp³-hybridized carbons (Fsp3) is 0.529. The Hall–Kier alpha value is -2.32. The molecule has 1 aromatic rings. The number of fused-ring (bicyclic) bond motifs is 3. The number of methoxy groups -OCH3 is 1. The number of anilines is 2. The van der Waals surface area contributed by atoms with Crippen LogP contribution in [0.2, 0.25) is 0 Å². The Bertz CT molecular complexity index is 708. The van der Waals surface area contributed by atoms with Gasteiger partial charge >= 0.3 is 6.09 Å². The van der Waals surface area contributed by atoms with Crippen molar-refractivity contribution in [3.05, 3.63) is 18.2 Å². The highest BCUT2D eigenvalue weighted by atomic mass is 16.6. The summed E-state index contributed by atoms with van der Waals surface area (Å²) >= 11 is 0. The van der Waals surface area contributed by atoms with E-state index in [1.807, 2.05) is 0 Å². The van der Waals surface area contributed by atoms with Gasteiger partial charge in [0.25, 0.3) is 0 Å². The molecule has 0 spiro atoms. The third-order valence-electron chi connectivity index (χ3n) is 5.03. The van der Waals surface area contributed by atoms with Gasteiger partial charge in [0.1, 0.15) is 18.4 Å². The summed E-state index contributed by atoms with van der Waals surface area (Å²) in [6.07, 6.45) is 0.0212. The fourth-order valence-electron chi connectivity index (χ4n) is 3.62. The highest BCUT2D eigenvalue weighted by molar-refractivity contribution is 5.97. The third kappa shape index (κ3) is 2.61. The molecule has 0 aliphatic carbocycles. The van der Waals surface area contributed by atoms with Gasteiger partial charge in [-0.2, -0.15) is 0 Å². The summed E-state index contributed by atoms with van der Waals surface area (Å²) in [5, 5.41) is 9.34. The number of carbonyl (C=O) groups is 2. The smallest absolute Gasteiger partial charge is 0.415 e. The third-order valence-corrected chi connectivity index (χ3v) is 5.03. The molecule has 3 atom stereocenters. The van der Waals surface area contributed by atoms with E-state index in [0.29, 0.717) is 24.4 Å². The number of benzene rings is 1. The van der Waals surface area contributed by atoms with Crippen LogP contribution in [0.5, 0.6) is 5.75 Å². The normalized spacial score (nSPS) is 28.3. The van der Waals surface area contributed by atoms with Crippen LogP contribution < -0.4 is 14.5 Å². The van der Waals surface area contributed by atoms with Crippen molar-refractivity contribution in [2.45, 2.75) is 31.1 Å². The van der Waals surface area contributed by atoms with E-state index in [4.69, 9.17) is 14.2 Å². The molecule has 0 aromatic heterocycles. The molecule has 8 heteroatoms. The van der Waals surface area contributed by atoms with Gasteiger partial charge < -0.3 is 24.2 Å². The van der Waals surface area contributed by atoms with Crippen LogP contribution >= 0.6 is 0 Å². The molecule has 1 aromatic carbocycles. The van der Waals surface area contributed by atoms with Crippen molar-refractivity contribution < 1.29 is 28.9 Å². The minimum absolute atomic E-state index is 0.00710. The molecule has 25 heavy (non-hydrogen) atoms. The van der Waals surface area contributed by atoms with Gasteiger partial charge in [0.15, 0.2) is 6.10 Å². The van der Waals surface area contributed by atoms with Crippen LogP contribution in [0.25, 0.3) is 0 Å². The van der Waals surface area contributed by atoms with E-state index >= 15 is 0 Å². The number of nitrogens with zero attached hydrogens (tertiary/aromatic N) is 2. The Morgan fingerprint density at radius 2 is 2.20 bits per heavy atom. The molecule has 3 aliphatic rings. The predicted octanol–water partition coefficient (Wildman–Crippen LogP) is 0.907. The van der Waals surface area contributed by atoms with Crippen molar-refractivity contribution in [2.24, 2.45) is 0 Å². The lowest BCUT2D eigenvalue weighted by Gasteiger charge is -2.34. The average Bonchev–Trinajstić information content (AvgIpc) is 2.97. The number of amides is 2. The minimum Gasteiger partial charge on any atom is -0.489 e. The number of piperidine rings is 1. The topological polar surface area (TPSA) is 88.5 Å². The van der Waals surface area contributed by atoms with E-state index in [2.05, 4.69) is 0 Å². The maximum Gasteiger partial charge on any atom is 0.415 e. The Kier molecular flexibility index (Phi) is 4.01. The molecule has 3 unspecified atom stereocenters. The standard InChI is InChI=1S/C17H20N2O6/c1-23-11-4-5-18(16(21)7-11)10-2-3-12-14(6-10)24-9-13-15(8-20)25-17(22)19(12)13/h2-3,6,11,13,15,20H,4-5,7-9H2,1H3. The van der Waals surface area contributed by atoms with Crippen molar-refractivity contribution >= 4 is 23.4 Å². The lowest BCUT2D eigenvalue weighted by molar-refractivity contribution is -0.122. The van der Waals surface area contributed by atoms with Crippen LogP contribution in [0.15, 0.2) is 18.2 Å². The summed E-state index contributed by atoms with van der Waals surface area (Å²) < 4.78 is 16.2. The van der Waals surface area contributed by atoms with Crippen molar-refractivity contribution in [3.63, 3.8) is 0 Å². The zero-order valence-corrected chi connectivity index (χ0v) is 13.9. The molecule has 2 fully saturated rings. The van der Waals surface area contributed by atoms with Crippen LogP contribution in [0, 0.1) is 0 Å². The van der Waals surface area contributed by atoms with Gasteiger partial charge in [-0.15, -0.1) is 0 Å². The molecule has 4 rings (SSSR count). The van der Waals surface area contributed by atoms with E-state index in [1.54, 1.807) is 30.2 Å². The summed E-state index contributed by atoms with van der Waals surface area (Å²) in [4.78, 5) is 27.7. The van der Waals surface area contributed by atoms with Crippen LogP contribution in [-0.4, -0.2) is 62.2 Å². The molecule has 1 N–H and O–H groups in total.